The van der Waals surface area contributed by atoms with Crippen molar-refractivity contribution in [1.82, 2.24) is 9.88 Å². The van der Waals surface area contributed by atoms with Gasteiger partial charge < -0.3 is 23.8 Å². The predicted octanol–water partition coefficient (Wildman–Crippen LogP) is 3.53. The molecule has 0 fully saturated rings. The number of carbonyl (C=O) groups is 1. The van der Waals surface area contributed by atoms with Crippen LogP contribution in [0.1, 0.15) is 15.9 Å². The van der Waals surface area contributed by atoms with Crippen molar-refractivity contribution in [2.24, 2.45) is 0 Å². The lowest BCUT2D eigenvalue weighted by Crippen LogP contribution is -2.19. The van der Waals surface area contributed by atoms with E-state index in [1.165, 1.54) is 0 Å². The predicted molar refractivity (Wildman–Crippen MR) is 113 cm³/mol. The molecule has 0 atom stereocenters. The Morgan fingerprint density at radius 3 is 2.53 bits per heavy atom. The Morgan fingerprint density at radius 2 is 1.80 bits per heavy atom. The van der Waals surface area contributed by atoms with E-state index in [-0.39, 0.29) is 12.6 Å². The average Bonchev–Trinajstić information content (AvgIpc) is 3.11. The summed E-state index contributed by atoms with van der Waals surface area (Å²) in [4.78, 5) is 19.0. The number of benzene rings is 2. The second-order valence-corrected chi connectivity index (χ2v) is 7.35. The molecule has 156 valence electrons. The van der Waals surface area contributed by atoms with Crippen LogP contribution in [0.25, 0.3) is 21.9 Å². The Balaban J connectivity index is 1.89. The van der Waals surface area contributed by atoms with Crippen LogP contribution in [-0.4, -0.2) is 57.3 Å². The molecule has 7 heteroatoms. The Kier molecular flexibility index (Phi) is 5.46. The third-order valence-corrected chi connectivity index (χ3v) is 5.10. The molecule has 0 amide bonds. The zero-order chi connectivity index (χ0) is 21.3. The van der Waals surface area contributed by atoms with Gasteiger partial charge in [-0.2, -0.15) is 0 Å². The fraction of sp³-hybridized carbons (Fsp3) is 0.304. The smallest absolute Gasteiger partial charge is 0.339 e. The monoisotopic (exact) mass is 408 g/mol. The summed E-state index contributed by atoms with van der Waals surface area (Å²) in [5.41, 5.74) is 2.94. The molecule has 0 saturated carbocycles. The van der Waals surface area contributed by atoms with E-state index in [0.717, 1.165) is 34.0 Å². The Bertz CT molecular complexity index is 1110. The van der Waals surface area contributed by atoms with Crippen LogP contribution in [0.4, 0.5) is 0 Å². The molecule has 4 rings (SSSR count). The van der Waals surface area contributed by atoms with Gasteiger partial charge in [0, 0.05) is 29.4 Å². The molecule has 0 saturated heterocycles. The lowest BCUT2D eigenvalue weighted by atomic mass is 9.91. The largest absolute Gasteiger partial charge is 0.493 e. The molecule has 1 aliphatic rings. The van der Waals surface area contributed by atoms with Crippen molar-refractivity contribution in [2.75, 3.05) is 41.5 Å². The quantitative estimate of drug-likeness (QED) is 0.554. The molecule has 7 nitrogen and oxygen atoms in total. The van der Waals surface area contributed by atoms with Gasteiger partial charge in [-0.25, -0.2) is 4.79 Å². The van der Waals surface area contributed by atoms with Gasteiger partial charge in [-0.15, -0.1) is 0 Å². The number of pyridine rings is 1. The molecule has 1 aromatic heterocycles. The summed E-state index contributed by atoms with van der Waals surface area (Å²) in [6, 6.07) is 7.66. The third kappa shape index (κ3) is 3.64. The van der Waals surface area contributed by atoms with Gasteiger partial charge in [-0.1, -0.05) is 0 Å². The van der Waals surface area contributed by atoms with Gasteiger partial charge in [0.25, 0.3) is 0 Å². The highest BCUT2D eigenvalue weighted by atomic mass is 16.5. The lowest BCUT2D eigenvalue weighted by Gasteiger charge is -2.15. The fourth-order valence-electron chi connectivity index (χ4n) is 3.63. The molecule has 0 spiro atoms. The van der Waals surface area contributed by atoms with Crippen LogP contribution in [0.15, 0.2) is 36.7 Å². The number of aromatic nitrogens is 1. The second kappa shape index (κ2) is 8.20. The van der Waals surface area contributed by atoms with E-state index in [0.29, 0.717) is 29.4 Å². The Morgan fingerprint density at radius 1 is 1.03 bits per heavy atom. The highest BCUT2D eigenvalue weighted by Crippen LogP contribution is 2.42. The van der Waals surface area contributed by atoms with E-state index in [1.54, 1.807) is 26.6 Å². The van der Waals surface area contributed by atoms with Gasteiger partial charge in [0.05, 0.1) is 26.0 Å². The number of ether oxygens (including phenoxy) is 4. The van der Waals surface area contributed by atoms with Crippen molar-refractivity contribution >= 4 is 16.7 Å². The first-order valence-corrected chi connectivity index (χ1v) is 9.63. The van der Waals surface area contributed by atoms with Crippen molar-refractivity contribution in [3.05, 3.63) is 47.8 Å². The van der Waals surface area contributed by atoms with E-state index >= 15 is 0 Å². The zero-order valence-corrected chi connectivity index (χ0v) is 17.5. The van der Waals surface area contributed by atoms with E-state index < -0.39 is 0 Å². The number of hydrogen-bond acceptors (Lipinski definition) is 7. The fourth-order valence-corrected chi connectivity index (χ4v) is 3.63. The molecule has 2 aromatic carbocycles. The summed E-state index contributed by atoms with van der Waals surface area (Å²) >= 11 is 0. The van der Waals surface area contributed by atoms with Gasteiger partial charge in [0.2, 0.25) is 0 Å². The number of cyclic esters (lactones) is 1. The molecule has 1 aliphatic heterocycles. The van der Waals surface area contributed by atoms with Crippen LogP contribution in [-0.2, 0) is 11.3 Å². The van der Waals surface area contributed by atoms with Gasteiger partial charge in [-0.05, 0) is 49.1 Å². The number of nitrogens with zero attached hydrogens (tertiary/aromatic N) is 2. The molecule has 0 unspecified atom stereocenters. The second-order valence-electron chi connectivity index (χ2n) is 7.35. The summed E-state index contributed by atoms with van der Waals surface area (Å²) in [5.74, 6) is 1.52. The lowest BCUT2D eigenvalue weighted by molar-refractivity contribution is 0.0535. The maximum Gasteiger partial charge on any atom is 0.339 e. The van der Waals surface area contributed by atoms with Crippen molar-refractivity contribution in [3.63, 3.8) is 0 Å². The van der Waals surface area contributed by atoms with Crippen LogP contribution >= 0.6 is 0 Å². The standard InChI is InChI=1S/C23H24N2O5/c1-25(2)5-6-29-17-8-15(11-24-12-17)21-18-10-20(28-4)19(27-3)9-14(18)7-16-13-30-23(26)22(16)21/h7-12H,5-6,13H2,1-4H3. The third-order valence-electron chi connectivity index (χ3n) is 5.10. The maximum absolute atomic E-state index is 12.6. The number of rotatable bonds is 7. The van der Waals surface area contributed by atoms with Crippen molar-refractivity contribution in [3.8, 4) is 28.4 Å². The van der Waals surface area contributed by atoms with E-state index in [4.69, 9.17) is 18.9 Å². The van der Waals surface area contributed by atoms with Crippen molar-refractivity contribution in [1.29, 1.82) is 0 Å². The average molecular weight is 408 g/mol. The summed E-state index contributed by atoms with van der Waals surface area (Å²) in [5, 5.41) is 1.79. The number of hydrogen-bond donors (Lipinski definition) is 0. The van der Waals surface area contributed by atoms with Crippen molar-refractivity contribution in [2.45, 2.75) is 6.61 Å². The number of methoxy groups -OCH3 is 2. The van der Waals surface area contributed by atoms with Gasteiger partial charge in [-0.3, -0.25) is 4.98 Å². The van der Waals surface area contributed by atoms with Gasteiger partial charge >= 0.3 is 5.97 Å². The van der Waals surface area contributed by atoms with E-state index in [2.05, 4.69) is 4.98 Å². The topological polar surface area (TPSA) is 70.1 Å². The molecule has 0 radical (unpaired) electrons. The summed E-state index contributed by atoms with van der Waals surface area (Å²) in [6.07, 6.45) is 3.41. The normalized spacial score (nSPS) is 12.8. The first-order chi connectivity index (χ1) is 14.5. The Labute approximate surface area is 175 Å². The minimum atomic E-state index is -0.337. The summed E-state index contributed by atoms with van der Waals surface area (Å²) in [6.45, 7) is 1.58. The summed E-state index contributed by atoms with van der Waals surface area (Å²) in [7, 11) is 7.17. The van der Waals surface area contributed by atoms with Crippen LogP contribution in [0, 0.1) is 0 Å². The number of likely N-dealkylation sites (N-methyl/N-ethyl adjacent to an activating group) is 1. The summed E-state index contributed by atoms with van der Waals surface area (Å²) < 4.78 is 22.1. The highest BCUT2D eigenvalue weighted by molar-refractivity contribution is 6.11. The maximum atomic E-state index is 12.6. The minimum Gasteiger partial charge on any atom is -0.493 e. The number of fused-ring (bicyclic) bond motifs is 2. The molecule has 0 bridgehead atoms. The molecule has 30 heavy (non-hydrogen) atoms. The molecular weight excluding hydrogens is 384 g/mol. The number of carbonyl (C=O) groups excluding carboxylic acids is 1. The van der Waals surface area contributed by atoms with Crippen LogP contribution in [0.2, 0.25) is 0 Å². The van der Waals surface area contributed by atoms with Crippen LogP contribution in [0.3, 0.4) is 0 Å². The van der Waals surface area contributed by atoms with Crippen LogP contribution < -0.4 is 14.2 Å². The van der Waals surface area contributed by atoms with Crippen LogP contribution in [0.5, 0.6) is 17.2 Å². The van der Waals surface area contributed by atoms with E-state index in [1.807, 2.05) is 43.3 Å². The first kappa shape index (κ1) is 20.0. The zero-order valence-electron chi connectivity index (χ0n) is 17.5. The van der Waals surface area contributed by atoms with E-state index in [9.17, 15) is 4.79 Å². The SMILES string of the molecule is COc1cc2cc3c(c(-c4cncc(OCCN(C)C)c4)c2cc1OC)C(=O)OC3. The molecule has 0 aliphatic carbocycles. The van der Waals surface area contributed by atoms with Gasteiger partial charge in [0.15, 0.2) is 11.5 Å². The molecule has 3 aromatic rings. The highest BCUT2D eigenvalue weighted by Gasteiger charge is 2.28. The van der Waals surface area contributed by atoms with Gasteiger partial charge in [0.1, 0.15) is 19.0 Å². The molecular formula is C23H24N2O5. The number of esters is 1. The van der Waals surface area contributed by atoms with Crippen molar-refractivity contribution < 1.29 is 23.7 Å². The first-order valence-electron chi connectivity index (χ1n) is 9.63. The molecule has 2 heterocycles. The minimum absolute atomic E-state index is 0.248. The molecule has 0 N–H and O–H groups in total. The Hall–Kier alpha value is -3.32.